The molecule has 1 aromatic heterocycles. The van der Waals surface area contributed by atoms with Gasteiger partial charge in [-0.3, -0.25) is 0 Å². The number of benzene rings is 1. The molecule has 1 atom stereocenters. The van der Waals surface area contributed by atoms with Crippen molar-refractivity contribution in [2.45, 2.75) is 25.3 Å². The lowest BCUT2D eigenvalue weighted by atomic mass is 10.1. The Balaban J connectivity index is 1.57. The summed E-state index contributed by atoms with van der Waals surface area (Å²) in [6.45, 7) is 2.16. The van der Waals surface area contributed by atoms with E-state index in [4.69, 9.17) is 0 Å². The van der Waals surface area contributed by atoms with Gasteiger partial charge in [0.1, 0.15) is 0 Å². The second-order valence-corrected chi connectivity index (χ2v) is 5.03. The van der Waals surface area contributed by atoms with Crippen molar-refractivity contribution in [2.24, 2.45) is 0 Å². The highest BCUT2D eigenvalue weighted by atomic mass is 15.3. The Labute approximate surface area is 113 Å². The molecule has 0 aliphatic carbocycles. The van der Waals surface area contributed by atoms with E-state index in [9.17, 15) is 0 Å². The van der Waals surface area contributed by atoms with Crippen LogP contribution in [0.5, 0.6) is 0 Å². The van der Waals surface area contributed by atoms with Crippen LogP contribution in [-0.4, -0.2) is 28.9 Å². The fraction of sp³-hybridized carbons (Fsp3) is 0.400. The van der Waals surface area contributed by atoms with E-state index in [1.807, 2.05) is 16.9 Å². The summed E-state index contributed by atoms with van der Waals surface area (Å²) < 4.78 is 1.87. The van der Waals surface area contributed by atoms with Gasteiger partial charge in [-0.25, -0.2) is 4.68 Å². The minimum Gasteiger partial charge on any atom is -0.383 e. The molecule has 4 nitrogen and oxygen atoms in total. The van der Waals surface area contributed by atoms with Crippen LogP contribution in [0.4, 0.5) is 5.69 Å². The molecular formula is C15H20N4. The molecule has 1 unspecified atom stereocenters. The molecule has 2 N–H and O–H groups in total. The molecule has 1 aromatic carbocycles. The molecular weight excluding hydrogens is 236 g/mol. The average molecular weight is 256 g/mol. The van der Waals surface area contributed by atoms with E-state index in [0.717, 1.165) is 18.8 Å². The van der Waals surface area contributed by atoms with Gasteiger partial charge in [-0.2, -0.15) is 5.10 Å². The van der Waals surface area contributed by atoms with Crippen molar-refractivity contribution >= 4 is 5.69 Å². The van der Waals surface area contributed by atoms with Crippen molar-refractivity contribution in [3.8, 4) is 5.69 Å². The van der Waals surface area contributed by atoms with Crippen molar-refractivity contribution in [1.82, 2.24) is 15.1 Å². The number of nitrogens with zero attached hydrogens (tertiary/aromatic N) is 2. The van der Waals surface area contributed by atoms with Gasteiger partial charge >= 0.3 is 0 Å². The van der Waals surface area contributed by atoms with Crippen LogP contribution in [0.3, 0.4) is 0 Å². The minimum atomic E-state index is 0.611. The molecule has 0 saturated carbocycles. The zero-order valence-electron chi connectivity index (χ0n) is 11.0. The summed E-state index contributed by atoms with van der Waals surface area (Å²) in [7, 11) is 0. The van der Waals surface area contributed by atoms with E-state index in [-0.39, 0.29) is 0 Å². The number of aromatic nitrogens is 2. The third kappa shape index (κ3) is 3.15. The molecule has 2 heterocycles. The highest BCUT2D eigenvalue weighted by Crippen LogP contribution is 2.13. The molecule has 100 valence electrons. The summed E-state index contributed by atoms with van der Waals surface area (Å²) in [5.41, 5.74) is 2.26. The van der Waals surface area contributed by atoms with E-state index in [1.165, 1.54) is 24.9 Å². The first-order chi connectivity index (χ1) is 9.42. The first kappa shape index (κ1) is 12.2. The van der Waals surface area contributed by atoms with Gasteiger partial charge in [0.25, 0.3) is 0 Å². The van der Waals surface area contributed by atoms with Crippen LogP contribution in [0, 0.1) is 0 Å². The van der Waals surface area contributed by atoms with Crippen LogP contribution in [0.2, 0.25) is 0 Å². The van der Waals surface area contributed by atoms with Crippen LogP contribution in [0.15, 0.2) is 42.7 Å². The molecule has 19 heavy (non-hydrogen) atoms. The Kier molecular flexibility index (Phi) is 3.79. The number of hydrogen-bond donors (Lipinski definition) is 2. The fourth-order valence-electron chi connectivity index (χ4n) is 2.49. The maximum Gasteiger partial charge on any atom is 0.0647 e. The largest absolute Gasteiger partial charge is 0.383 e. The molecule has 1 fully saturated rings. The Morgan fingerprint density at radius 3 is 2.84 bits per heavy atom. The second-order valence-electron chi connectivity index (χ2n) is 5.03. The van der Waals surface area contributed by atoms with Crippen LogP contribution in [-0.2, 0) is 0 Å². The molecule has 0 bridgehead atoms. The maximum atomic E-state index is 4.22. The summed E-state index contributed by atoms with van der Waals surface area (Å²) in [5.74, 6) is 0. The standard InChI is InChI=1S/C15H20N4/c1-2-9-16-14(4-1)12-17-13-5-7-15(8-6-13)19-11-3-10-18-19/h3,5-8,10-11,14,16-17H,1-2,4,9,12H2. The Hall–Kier alpha value is -1.81. The molecule has 4 heteroatoms. The Bertz CT molecular complexity index is 483. The van der Waals surface area contributed by atoms with Gasteiger partial charge in [0.05, 0.1) is 5.69 Å². The number of rotatable bonds is 4. The van der Waals surface area contributed by atoms with Crippen LogP contribution < -0.4 is 10.6 Å². The third-order valence-corrected chi connectivity index (χ3v) is 3.60. The zero-order valence-corrected chi connectivity index (χ0v) is 11.0. The van der Waals surface area contributed by atoms with Crippen molar-refractivity contribution in [3.05, 3.63) is 42.7 Å². The monoisotopic (exact) mass is 256 g/mol. The SMILES string of the molecule is c1cnn(-c2ccc(NCC3CCCCN3)cc2)c1. The zero-order chi connectivity index (χ0) is 12.9. The van der Waals surface area contributed by atoms with Crippen molar-refractivity contribution in [3.63, 3.8) is 0 Å². The van der Waals surface area contributed by atoms with E-state index < -0.39 is 0 Å². The molecule has 0 radical (unpaired) electrons. The predicted molar refractivity (Wildman–Crippen MR) is 77.7 cm³/mol. The first-order valence-electron chi connectivity index (χ1n) is 6.99. The highest BCUT2D eigenvalue weighted by molar-refractivity contribution is 5.48. The predicted octanol–water partition coefficient (Wildman–Crippen LogP) is 2.43. The second kappa shape index (κ2) is 5.89. The molecule has 0 spiro atoms. The van der Waals surface area contributed by atoms with E-state index in [0.29, 0.717) is 6.04 Å². The fourth-order valence-corrected chi connectivity index (χ4v) is 2.49. The summed E-state index contributed by atoms with van der Waals surface area (Å²) in [5, 5.41) is 11.3. The van der Waals surface area contributed by atoms with Gasteiger partial charge in [0, 0.05) is 30.7 Å². The number of anilines is 1. The molecule has 0 amide bonds. The van der Waals surface area contributed by atoms with Crippen LogP contribution in [0.1, 0.15) is 19.3 Å². The van der Waals surface area contributed by atoms with Gasteiger partial charge in [0.15, 0.2) is 0 Å². The van der Waals surface area contributed by atoms with Gasteiger partial charge < -0.3 is 10.6 Å². The lowest BCUT2D eigenvalue weighted by molar-refractivity contribution is 0.414. The topological polar surface area (TPSA) is 41.9 Å². The van der Waals surface area contributed by atoms with Crippen molar-refractivity contribution in [2.75, 3.05) is 18.4 Å². The van der Waals surface area contributed by atoms with Gasteiger partial charge in [0.2, 0.25) is 0 Å². The Morgan fingerprint density at radius 1 is 1.26 bits per heavy atom. The van der Waals surface area contributed by atoms with Crippen molar-refractivity contribution < 1.29 is 0 Å². The van der Waals surface area contributed by atoms with Crippen LogP contribution in [0.25, 0.3) is 5.69 Å². The summed E-state index contributed by atoms with van der Waals surface area (Å²) in [6.07, 6.45) is 7.68. The lowest BCUT2D eigenvalue weighted by Crippen LogP contribution is -2.39. The normalized spacial score (nSPS) is 19.3. The van der Waals surface area contributed by atoms with E-state index in [2.05, 4.69) is 40.0 Å². The molecule has 2 aromatic rings. The smallest absolute Gasteiger partial charge is 0.0647 e. The highest BCUT2D eigenvalue weighted by Gasteiger charge is 2.11. The summed E-state index contributed by atoms with van der Waals surface area (Å²) in [6, 6.07) is 10.9. The quantitative estimate of drug-likeness (QED) is 0.883. The number of nitrogens with one attached hydrogen (secondary N) is 2. The average Bonchev–Trinajstić information content (AvgIpc) is 3.01. The van der Waals surface area contributed by atoms with Gasteiger partial charge in [-0.15, -0.1) is 0 Å². The molecule has 1 saturated heterocycles. The van der Waals surface area contributed by atoms with Gasteiger partial charge in [-0.1, -0.05) is 6.42 Å². The molecule has 1 aliphatic heterocycles. The maximum absolute atomic E-state index is 4.22. The summed E-state index contributed by atoms with van der Waals surface area (Å²) >= 11 is 0. The number of piperidine rings is 1. The first-order valence-corrected chi connectivity index (χ1v) is 6.99. The van der Waals surface area contributed by atoms with E-state index >= 15 is 0 Å². The molecule has 1 aliphatic rings. The van der Waals surface area contributed by atoms with E-state index in [1.54, 1.807) is 6.20 Å². The van der Waals surface area contributed by atoms with Crippen molar-refractivity contribution in [1.29, 1.82) is 0 Å². The Morgan fingerprint density at radius 2 is 2.16 bits per heavy atom. The summed E-state index contributed by atoms with van der Waals surface area (Å²) in [4.78, 5) is 0. The minimum absolute atomic E-state index is 0.611. The number of hydrogen-bond acceptors (Lipinski definition) is 3. The lowest BCUT2D eigenvalue weighted by Gasteiger charge is -2.24. The molecule has 3 rings (SSSR count). The van der Waals surface area contributed by atoms with Gasteiger partial charge in [-0.05, 0) is 49.7 Å². The van der Waals surface area contributed by atoms with Crippen LogP contribution >= 0.6 is 0 Å². The third-order valence-electron chi connectivity index (χ3n) is 3.60.